The van der Waals surface area contributed by atoms with Gasteiger partial charge in [0.2, 0.25) is 0 Å². The largest absolute Gasteiger partial charge is 0.381 e. The third kappa shape index (κ3) is 2.23. The molecule has 1 aromatic heterocycles. The first kappa shape index (κ1) is 9.56. The second-order valence-corrected chi connectivity index (χ2v) is 2.05. The average molecular weight is 277 g/mol. The Labute approximate surface area is 85.6 Å². The van der Waals surface area contributed by atoms with Crippen LogP contribution in [0.4, 0.5) is 0 Å². The molecule has 0 atom stereocenters. The van der Waals surface area contributed by atoms with Crippen molar-refractivity contribution < 1.29 is 12.4 Å². The highest BCUT2D eigenvalue weighted by atomic mass is 79.9. The van der Waals surface area contributed by atoms with Crippen molar-refractivity contribution in [1.82, 2.24) is 15.0 Å². The molecule has 0 amide bonds. The standard InChI is InChI=1S/C3BrCl2N3O3/c4-10-1-7-2(11-5)9-3(8-1)12-6. The summed E-state index contributed by atoms with van der Waals surface area (Å²) in [6.07, 6.45) is 0. The van der Waals surface area contributed by atoms with Crippen molar-refractivity contribution in [3.05, 3.63) is 0 Å². The summed E-state index contributed by atoms with van der Waals surface area (Å²) in [6, 6.07) is -0.454. The van der Waals surface area contributed by atoms with Gasteiger partial charge in [-0.1, -0.05) is 0 Å². The van der Waals surface area contributed by atoms with Crippen LogP contribution in [0.5, 0.6) is 18.0 Å². The van der Waals surface area contributed by atoms with E-state index in [9.17, 15) is 0 Å². The van der Waals surface area contributed by atoms with Gasteiger partial charge >= 0.3 is 18.0 Å². The molecule has 0 aliphatic carbocycles. The highest BCUT2D eigenvalue weighted by molar-refractivity contribution is 9.06. The van der Waals surface area contributed by atoms with Crippen LogP contribution in [0.15, 0.2) is 0 Å². The van der Waals surface area contributed by atoms with Gasteiger partial charge in [-0.2, -0.15) is 0 Å². The lowest BCUT2D eigenvalue weighted by Gasteiger charge is -1.98. The van der Waals surface area contributed by atoms with Gasteiger partial charge in [0, 0.05) is 0 Å². The molecular formula is C3BrCl2N3O3. The van der Waals surface area contributed by atoms with E-state index in [0.717, 1.165) is 0 Å². The number of nitrogens with zero attached hydrogens (tertiary/aromatic N) is 3. The first-order chi connectivity index (χ1) is 5.80. The summed E-state index contributed by atoms with van der Waals surface area (Å²) in [5, 5.41) is 0. The number of aromatic nitrogens is 3. The summed E-state index contributed by atoms with van der Waals surface area (Å²) in [6.45, 7) is 0. The maximum atomic E-state index is 4.96. The third-order valence-electron chi connectivity index (χ3n) is 0.781. The molecule has 0 fully saturated rings. The van der Waals surface area contributed by atoms with Crippen LogP contribution in [0, 0.1) is 0 Å². The summed E-state index contributed by atoms with van der Waals surface area (Å²) in [5.74, 6) is 0. The lowest BCUT2D eigenvalue weighted by Crippen LogP contribution is -1.95. The van der Waals surface area contributed by atoms with Crippen LogP contribution in [0.3, 0.4) is 0 Å². The van der Waals surface area contributed by atoms with Crippen LogP contribution in [-0.4, -0.2) is 15.0 Å². The van der Waals surface area contributed by atoms with Gasteiger partial charge in [0.25, 0.3) is 0 Å². The molecule has 0 radical (unpaired) electrons. The monoisotopic (exact) mass is 275 g/mol. The molecule has 0 bridgehead atoms. The Balaban J connectivity index is 3.01. The highest BCUT2D eigenvalue weighted by Crippen LogP contribution is 2.16. The van der Waals surface area contributed by atoms with E-state index >= 15 is 0 Å². The molecule has 0 aliphatic rings. The fourth-order valence-corrected chi connectivity index (χ4v) is 0.707. The minimum atomic E-state index is -0.184. The first-order valence-electron chi connectivity index (χ1n) is 2.42. The van der Waals surface area contributed by atoms with Crippen molar-refractivity contribution in [2.45, 2.75) is 0 Å². The Bertz CT molecular complexity index is 220. The van der Waals surface area contributed by atoms with Gasteiger partial charge in [-0.05, 0) is 0 Å². The zero-order valence-corrected chi connectivity index (χ0v) is 8.30. The van der Waals surface area contributed by atoms with E-state index < -0.39 is 0 Å². The average Bonchev–Trinajstić information content (AvgIpc) is 2.16. The molecule has 0 N–H and O–H groups in total. The quantitative estimate of drug-likeness (QED) is 0.836. The SMILES string of the molecule is ClOc1nc(OCl)nc(OBr)n1. The van der Waals surface area contributed by atoms with Crippen LogP contribution in [0.25, 0.3) is 0 Å². The number of hydrogen-bond donors (Lipinski definition) is 0. The molecule has 1 heterocycles. The lowest BCUT2D eigenvalue weighted by atomic mass is 10.9. The summed E-state index contributed by atoms with van der Waals surface area (Å²) in [4.78, 5) is 10.6. The first-order valence-corrected chi connectivity index (χ1v) is 3.68. The van der Waals surface area contributed by atoms with Gasteiger partial charge < -0.3 is 12.4 Å². The van der Waals surface area contributed by atoms with Crippen molar-refractivity contribution in [3.63, 3.8) is 0 Å². The van der Waals surface area contributed by atoms with Crippen molar-refractivity contribution in [1.29, 1.82) is 0 Å². The zero-order chi connectivity index (χ0) is 8.97. The highest BCUT2D eigenvalue weighted by Gasteiger charge is 2.08. The molecule has 0 aliphatic heterocycles. The Kier molecular flexibility index (Phi) is 3.57. The van der Waals surface area contributed by atoms with Crippen molar-refractivity contribution >= 4 is 40.0 Å². The van der Waals surface area contributed by atoms with Crippen molar-refractivity contribution in [2.75, 3.05) is 0 Å². The Morgan fingerprint density at radius 2 is 1.33 bits per heavy atom. The van der Waals surface area contributed by atoms with Crippen LogP contribution in [-0.2, 0) is 0 Å². The fourth-order valence-electron chi connectivity index (χ4n) is 0.424. The summed E-state index contributed by atoms with van der Waals surface area (Å²) in [5.41, 5.74) is 0. The molecule has 0 saturated heterocycles. The van der Waals surface area contributed by atoms with Crippen LogP contribution in [0.2, 0.25) is 0 Å². The summed E-state index contributed by atoms with van der Waals surface area (Å²) < 4.78 is 12.8. The molecule has 9 heteroatoms. The zero-order valence-electron chi connectivity index (χ0n) is 5.20. The van der Waals surface area contributed by atoms with Crippen LogP contribution >= 0.6 is 40.0 Å². The van der Waals surface area contributed by atoms with Gasteiger partial charge in [0.05, 0.1) is 0 Å². The van der Waals surface area contributed by atoms with E-state index in [0.29, 0.717) is 0 Å². The second-order valence-electron chi connectivity index (χ2n) is 1.41. The third-order valence-corrected chi connectivity index (χ3v) is 1.35. The molecule has 0 unspecified atom stereocenters. The van der Waals surface area contributed by atoms with E-state index in [-0.39, 0.29) is 18.0 Å². The predicted molar refractivity (Wildman–Crippen MR) is 42.3 cm³/mol. The minimum absolute atomic E-state index is 0.0868. The van der Waals surface area contributed by atoms with E-state index in [1.165, 1.54) is 0 Å². The molecule has 12 heavy (non-hydrogen) atoms. The van der Waals surface area contributed by atoms with Gasteiger partial charge in [0.1, 0.15) is 23.7 Å². The molecular weight excluding hydrogens is 277 g/mol. The number of hydrogen-bond acceptors (Lipinski definition) is 6. The van der Waals surface area contributed by atoms with E-state index in [1.807, 2.05) is 0 Å². The number of halogens is 3. The van der Waals surface area contributed by atoms with Gasteiger partial charge in [-0.3, -0.25) is 0 Å². The second kappa shape index (κ2) is 4.48. The minimum Gasteiger partial charge on any atom is -0.381 e. The molecule has 66 valence electrons. The maximum Gasteiger partial charge on any atom is 0.344 e. The molecule has 0 saturated carbocycles. The van der Waals surface area contributed by atoms with Crippen LogP contribution < -0.4 is 12.4 Å². The normalized spacial score (nSPS) is 9.25. The van der Waals surface area contributed by atoms with E-state index in [2.05, 4.69) is 43.6 Å². The van der Waals surface area contributed by atoms with Gasteiger partial charge in [-0.25, -0.2) is 0 Å². The Morgan fingerprint density at radius 1 is 0.917 bits per heavy atom. The Hall–Kier alpha value is -0.530. The van der Waals surface area contributed by atoms with E-state index in [1.54, 1.807) is 0 Å². The van der Waals surface area contributed by atoms with Crippen molar-refractivity contribution in [3.8, 4) is 18.0 Å². The lowest BCUT2D eigenvalue weighted by molar-refractivity contribution is 0.473. The van der Waals surface area contributed by atoms with Gasteiger partial charge in [0.15, 0.2) is 16.3 Å². The van der Waals surface area contributed by atoms with E-state index in [4.69, 9.17) is 23.7 Å². The summed E-state index contributed by atoms with van der Waals surface area (Å²) >= 11 is 12.6. The fraction of sp³-hybridized carbons (Fsp3) is 0. The molecule has 0 aromatic carbocycles. The predicted octanol–water partition coefficient (Wildman–Crippen LogP) is 1.63. The summed E-state index contributed by atoms with van der Waals surface area (Å²) in [7, 11) is 0. The topological polar surface area (TPSA) is 66.4 Å². The maximum absolute atomic E-state index is 4.96. The Morgan fingerprint density at radius 3 is 1.67 bits per heavy atom. The van der Waals surface area contributed by atoms with Gasteiger partial charge in [-0.15, -0.1) is 15.0 Å². The smallest absolute Gasteiger partial charge is 0.344 e. The molecule has 6 nitrogen and oxygen atoms in total. The van der Waals surface area contributed by atoms with Crippen LogP contribution in [0.1, 0.15) is 0 Å². The van der Waals surface area contributed by atoms with Crippen molar-refractivity contribution in [2.24, 2.45) is 0 Å². The molecule has 0 spiro atoms. The molecule has 1 aromatic rings. The molecule has 1 rings (SSSR count). The number of rotatable bonds is 3.